The third-order valence-electron chi connectivity index (χ3n) is 2.42. The molecule has 0 fully saturated rings. The molecule has 0 aliphatic carbocycles. The van der Waals surface area contributed by atoms with Crippen molar-refractivity contribution < 1.29 is 9.47 Å². The minimum Gasteiger partial charge on any atom is -0.493 e. The summed E-state index contributed by atoms with van der Waals surface area (Å²) >= 11 is 0. The van der Waals surface area contributed by atoms with Gasteiger partial charge in [-0.3, -0.25) is 20.8 Å². The fourth-order valence-corrected chi connectivity index (χ4v) is 1.44. The second-order valence-corrected chi connectivity index (χ2v) is 3.57. The van der Waals surface area contributed by atoms with Crippen molar-refractivity contribution in [1.29, 1.82) is 0 Å². The highest BCUT2D eigenvalue weighted by Gasteiger charge is 2.05. The van der Waals surface area contributed by atoms with Crippen LogP contribution in [0.5, 0.6) is 11.5 Å². The normalized spacial score (nSPS) is 11.2. The maximum atomic E-state index is 5.23. The first-order valence-electron chi connectivity index (χ1n) is 5.45. The zero-order valence-electron chi connectivity index (χ0n) is 10.8. The molecule has 0 unspecified atom stereocenters. The number of ether oxygens (including phenoxy) is 2. The number of nitrogens with one attached hydrogen (secondary N) is 1. The number of H-pyrrole nitrogens is 1. The molecule has 0 radical (unpaired) electrons. The third-order valence-corrected chi connectivity index (χ3v) is 2.42. The van der Waals surface area contributed by atoms with E-state index < -0.39 is 0 Å². The van der Waals surface area contributed by atoms with E-state index >= 15 is 0 Å². The van der Waals surface area contributed by atoms with Crippen LogP contribution in [0.3, 0.4) is 0 Å². The zero-order valence-corrected chi connectivity index (χ0v) is 10.8. The molecule has 2 rings (SSSR count). The van der Waals surface area contributed by atoms with E-state index in [0.29, 0.717) is 17.2 Å². The fourth-order valence-electron chi connectivity index (χ4n) is 1.44. The zero-order chi connectivity index (χ0) is 13.7. The summed E-state index contributed by atoms with van der Waals surface area (Å²) in [4.78, 5) is 0. The van der Waals surface area contributed by atoms with Crippen LogP contribution >= 0.6 is 0 Å². The molecule has 8 heteroatoms. The van der Waals surface area contributed by atoms with Crippen LogP contribution in [0.15, 0.2) is 23.3 Å². The van der Waals surface area contributed by atoms with Crippen molar-refractivity contribution in [1.82, 2.24) is 20.6 Å². The predicted molar refractivity (Wildman–Crippen MR) is 69.0 cm³/mol. The second-order valence-electron chi connectivity index (χ2n) is 3.57. The van der Waals surface area contributed by atoms with Crippen LogP contribution in [0.4, 0.5) is 5.95 Å². The second kappa shape index (κ2) is 5.80. The van der Waals surface area contributed by atoms with Gasteiger partial charge in [-0.15, -0.1) is 5.21 Å². The van der Waals surface area contributed by atoms with Gasteiger partial charge < -0.3 is 9.47 Å². The van der Waals surface area contributed by atoms with Gasteiger partial charge in [-0.1, -0.05) is 0 Å². The SMILES string of the molecule is COc1ccc(/C(C)=N/[N-]c2nn[nH]n2)cc1OC. The van der Waals surface area contributed by atoms with Crippen molar-refractivity contribution in [2.24, 2.45) is 5.10 Å². The van der Waals surface area contributed by atoms with Crippen LogP contribution in [0.1, 0.15) is 12.5 Å². The maximum absolute atomic E-state index is 5.23. The van der Waals surface area contributed by atoms with Gasteiger partial charge in [0, 0.05) is 5.56 Å². The van der Waals surface area contributed by atoms with E-state index in [1.54, 1.807) is 14.2 Å². The van der Waals surface area contributed by atoms with Crippen molar-refractivity contribution in [2.45, 2.75) is 6.92 Å². The van der Waals surface area contributed by atoms with Crippen molar-refractivity contribution >= 4 is 11.7 Å². The number of benzene rings is 1. The van der Waals surface area contributed by atoms with Crippen molar-refractivity contribution in [3.8, 4) is 11.5 Å². The topological polar surface area (TPSA) is 99.4 Å². The van der Waals surface area contributed by atoms with Gasteiger partial charge in [-0.05, 0) is 25.1 Å². The van der Waals surface area contributed by atoms with Gasteiger partial charge in [0.25, 0.3) is 0 Å². The Bertz CT molecular complexity index is 567. The van der Waals surface area contributed by atoms with E-state index in [0.717, 1.165) is 5.56 Å². The van der Waals surface area contributed by atoms with Crippen LogP contribution in [0, 0.1) is 0 Å². The third kappa shape index (κ3) is 2.97. The Morgan fingerprint density at radius 1 is 1.26 bits per heavy atom. The molecule has 0 saturated carbocycles. The number of hydrogen-bond acceptors (Lipinski definition) is 6. The molecule has 1 aromatic carbocycles. The summed E-state index contributed by atoms with van der Waals surface area (Å²) in [5.41, 5.74) is 5.41. The number of tetrazole rings is 1. The van der Waals surface area contributed by atoms with E-state index in [1.165, 1.54) is 0 Å². The summed E-state index contributed by atoms with van der Waals surface area (Å²) in [6.07, 6.45) is 0. The monoisotopic (exact) mass is 261 g/mol. The Morgan fingerprint density at radius 3 is 2.68 bits per heavy atom. The Morgan fingerprint density at radius 2 is 2.05 bits per heavy atom. The van der Waals surface area contributed by atoms with Crippen molar-refractivity contribution in [3.05, 3.63) is 29.2 Å². The lowest BCUT2D eigenvalue weighted by atomic mass is 10.1. The van der Waals surface area contributed by atoms with Crippen LogP contribution < -0.4 is 9.47 Å². The van der Waals surface area contributed by atoms with E-state index in [4.69, 9.17) is 9.47 Å². The fraction of sp³-hybridized carbons (Fsp3) is 0.273. The van der Waals surface area contributed by atoms with Crippen LogP contribution in [-0.2, 0) is 0 Å². The molecule has 2 aromatic rings. The highest BCUT2D eigenvalue weighted by Crippen LogP contribution is 2.28. The first-order chi connectivity index (χ1) is 9.24. The lowest BCUT2D eigenvalue weighted by molar-refractivity contribution is 0.355. The Hall–Kier alpha value is -2.64. The summed E-state index contributed by atoms with van der Waals surface area (Å²) in [5.74, 6) is 1.48. The minimum absolute atomic E-state index is 0.180. The predicted octanol–water partition coefficient (Wildman–Crippen LogP) is 1.65. The molecule has 0 aliphatic heterocycles. The van der Waals surface area contributed by atoms with Gasteiger partial charge in [-0.2, -0.15) is 0 Å². The minimum atomic E-state index is 0.180. The molecule has 0 spiro atoms. The Kier molecular flexibility index (Phi) is 3.91. The van der Waals surface area contributed by atoms with Gasteiger partial charge in [0.05, 0.1) is 25.9 Å². The average Bonchev–Trinajstić information content (AvgIpc) is 2.97. The Balaban J connectivity index is 2.18. The van der Waals surface area contributed by atoms with Gasteiger partial charge in [0.1, 0.15) is 0 Å². The van der Waals surface area contributed by atoms with Crippen LogP contribution in [-0.4, -0.2) is 40.6 Å². The summed E-state index contributed by atoms with van der Waals surface area (Å²) in [6.45, 7) is 1.82. The molecular formula is C11H13N6O2-. The van der Waals surface area contributed by atoms with E-state index in [2.05, 4.69) is 31.2 Å². The standard InChI is InChI=1S/C11H13N6O2/c1-7(12-13-11-14-16-17-15-11)8-4-5-9(18-2)10(6-8)19-3/h4-6H,1-3H3,(H-,13,14,15,16,17)/q-1/b12-7+. The molecule has 0 atom stereocenters. The molecule has 1 N–H and O–H groups in total. The number of nitrogens with zero attached hydrogens (tertiary/aromatic N) is 5. The molecule has 100 valence electrons. The summed E-state index contributed by atoms with van der Waals surface area (Å²) in [7, 11) is 3.17. The van der Waals surface area contributed by atoms with Gasteiger partial charge >= 0.3 is 0 Å². The summed E-state index contributed by atoms with van der Waals surface area (Å²) in [5, 5.41) is 17.1. The molecule has 0 aliphatic rings. The molecule has 0 amide bonds. The number of rotatable bonds is 5. The van der Waals surface area contributed by atoms with Crippen LogP contribution in [0.2, 0.25) is 0 Å². The number of aromatic amines is 1. The molecule has 1 aromatic heterocycles. The first kappa shape index (κ1) is 12.8. The molecular weight excluding hydrogens is 248 g/mol. The molecule has 0 saturated heterocycles. The highest BCUT2D eigenvalue weighted by molar-refractivity contribution is 5.99. The van der Waals surface area contributed by atoms with Gasteiger partial charge in [0.15, 0.2) is 11.5 Å². The molecule has 19 heavy (non-hydrogen) atoms. The van der Waals surface area contributed by atoms with Crippen LogP contribution in [0.25, 0.3) is 5.43 Å². The van der Waals surface area contributed by atoms with Crippen molar-refractivity contribution in [3.63, 3.8) is 0 Å². The van der Waals surface area contributed by atoms with E-state index in [1.807, 2.05) is 25.1 Å². The number of aromatic nitrogens is 4. The average molecular weight is 261 g/mol. The first-order valence-corrected chi connectivity index (χ1v) is 5.45. The Labute approximate surface area is 109 Å². The lowest BCUT2D eigenvalue weighted by Gasteiger charge is -2.10. The van der Waals surface area contributed by atoms with Gasteiger partial charge in [-0.25, -0.2) is 5.10 Å². The number of methoxy groups -OCH3 is 2. The summed E-state index contributed by atoms with van der Waals surface area (Å²) < 4.78 is 10.4. The summed E-state index contributed by atoms with van der Waals surface area (Å²) in [6, 6.07) is 5.50. The highest BCUT2D eigenvalue weighted by atomic mass is 16.5. The lowest BCUT2D eigenvalue weighted by Crippen LogP contribution is -1.97. The van der Waals surface area contributed by atoms with Gasteiger partial charge in [0.2, 0.25) is 0 Å². The maximum Gasteiger partial charge on any atom is 0.161 e. The van der Waals surface area contributed by atoms with E-state index in [9.17, 15) is 0 Å². The molecule has 1 heterocycles. The van der Waals surface area contributed by atoms with Crippen molar-refractivity contribution in [2.75, 3.05) is 14.2 Å². The largest absolute Gasteiger partial charge is 0.493 e. The smallest absolute Gasteiger partial charge is 0.161 e. The molecule has 0 bridgehead atoms. The number of hydrogen-bond donors (Lipinski definition) is 1. The quantitative estimate of drug-likeness (QED) is 0.651. The van der Waals surface area contributed by atoms with E-state index in [-0.39, 0.29) is 5.95 Å². The molecule has 8 nitrogen and oxygen atoms in total.